The van der Waals surface area contributed by atoms with Gasteiger partial charge in [0.25, 0.3) is 0 Å². The normalized spacial score (nSPS) is 26.2. The van der Waals surface area contributed by atoms with E-state index in [2.05, 4.69) is 13.8 Å². The second-order valence-corrected chi connectivity index (χ2v) is 6.27. The molecule has 0 radical (unpaired) electrons. The molecule has 0 heterocycles. The topological polar surface area (TPSA) is 29.5 Å². The molecule has 0 spiro atoms. The van der Waals surface area contributed by atoms with Gasteiger partial charge in [-0.15, -0.1) is 0 Å². The van der Waals surface area contributed by atoms with Crippen molar-refractivity contribution in [3.8, 4) is 5.75 Å². The Hall–Kier alpha value is -1.09. The molecule has 1 aliphatic carbocycles. The van der Waals surface area contributed by atoms with E-state index < -0.39 is 5.60 Å². The monoisotopic (exact) mass is 266 g/mol. The van der Waals surface area contributed by atoms with E-state index in [1.54, 1.807) is 6.07 Å². The lowest BCUT2D eigenvalue weighted by molar-refractivity contribution is -0.0958. The number of benzene rings is 1. The summed E-state index contributed by atoms with van der Waals surface area (Å²) in [5.74, 6) is -0.115. The predicted molar refractivity (Wildman–Crippen MR) is 73.9 cm³/mol. The molecule has 0 aliphatic heterocycles. The summed E-state index contributed by atoms with van der Waals surface area (Å²) in [5.41, 5.74) is -0.0377. The lowest BCUT2D eigenvalue weighted by Gasteiger charge is -2.46. The highest BCUT2D eigenvalue weighted by molar-refractivity contribution is 5.30. The fourth-order valence-electron chi connectivity index (χ4n) is 3.04. The molecule has 1 aromatic rings. The largest absolute Gasteiger partial charge is 0.494 e. The van der Waals surface area contributed by atoms with Gasteiger partial charge in [-0.2, -0.15) is 0 Å². The highest BCUT2D eigenvalue weighted by atomic mass is 19.1. The zero-order valence-corrected chi connectivity index (χ0v) is 12.0. The van der Waals surface area contributed by atoms with Gasteiger partial charge in [0.2, 0.25) is 0 Å². The Balaban J connectivity index is 2.22. The number of ether oxygens (including phenoxy) is 1. The van der Waals surface area contributed by atoms with Crippen molar-refractivity contribution in [2.75, 3.05) is 7.11 Å². The van der Waals surface area contributed by atoms with Crippen LogP contribution in [0.5, 0.6) is 5.75 Å². The quantitative estimate of drug-likeness (QED) is 0.903. The van der Waals surface area contributed by atoms with E-state index in [-0.39, 0.29) is 17.0 Å². The fraction of sp³-hybridized carbons (Fsp3) is 0.625. The second-order valence-electron chi connectivity index (χ2n) is 6.27. The van der Waals surface area contributed by atoms with E-state index in [1.807, 2.05) is 6.07 Å². The van der Waals surface area contributed by atoms with Crippen LogP contribution in [0.15, 0.2) is 18.2 Å². The summed E-state index contributed by atoms with van der Waals surface area (Å²) in [6, 6.07) is 4.94. The molecule has 0 aromatic heterocycles. The summed E-state index contributed by atoms with van der Waals surface area (Å²) >= 11 is 0. The van der Waals surface area contributed by atoms with Crippen molar-refractivity contribution in [3.05, 3.63) is 29.6 Å². The van der Waals surface area contributed by atoms with Crippen LogP contribution in [-0.2, 0) is 6.42 Å². The third-order valence-corrected chi connectivity index (χ3v) is 4.61. The number of methoxy groups -OCH3 is 1. The maximum Gasteiger partial charge on any atom is 0.165 e. The molecular formula is C16H23FO2. The van der Waals surface area contributed by atoms with Crippen molar-refractivity contribution < 1.29 is 14.2 Å². The average molecular weight is 266 g/mol. The third-order valence-electron chi connectivity index (χ3n) is 4.61. The third kappa shape index (κ3) is 2.76. The molecule has 19 heavy (non-hydrogen) atoms. The zero-order chi connectivity index (χ0) is 14.1. The molecule has 0 amide bonds. The molecule has 1 saturated carbocycles. The van der Waals surface area contributed by atoms with Gasteiger partial charge in [0.05, 0.1) is 12.7 Å². The summed E-state index contributed by atoms with van der Waals surface area (Å²) in [6.07, 6.45) is 4.50. The van der Waals surface area contributed by atoms with E-state index >= 15 is 0 Å². The van der Waals surface area contributed by atoms with Crippen LogP contribution < -0.4 is 4.74 Å². The molecule has 3 heteroatoms. The highest BCUT2D eigenvalue weighted by Crippen LogP contribution is 2.45. The molecule has 1 fully saturated rings. The van der Waals surface area contributed by atoms with Crippen molar-refractivity contribution in [2.45, 2.75) is 51.6 Å². The summed E-state index contributed by atoms with van der Waals surface area (Å²) in [6.45, 7) is 4.21. The smallest absolute Gasteiger partial charge is 0.165 e. The summed E-state index contributed by atoms with van der Waals surface area (Å²) in [4.78, 5) is 0. The van der Waals surface area contributed by atoms with Crippen LogP contribution in [0.4, 0.5) is 4.39 Å². The van der Waals surface area contributed by atoms with E-state index in [0.717, 1.165) is 31.2 Å². The summed E-state index contributed by atoms with van der Waals surface area (Å²) in [5, 5.41) is 10.9. The van der Waals surface area contributed by atoms with Crippen molar-refractivity contribution in [1.29, 1.82) is 0 Å². The van der Waals surface area contributed by atoms with Crippen molar-refractivity contribution in [2.24, 2.45) is 5.41 Å². The molecule has 1 aromatic carbocycles. The van der Waals surface area contributed by atoms with Gasteiger partial charge >= 0.3 is 0 Å². The van der Waals surface area contributed by atoms with Crippen LogP contribution in [0.3, 0.4) is 0 Å². The lowest BCUT2D eigenvalue weighted by atomic mass is 9.63. The van der Waals surface area contributed by atoms with Crippen LogP contribution in [0, 0.1) is 11.2 Å². The van der Waals surface area contributed by atoms with Gasteiger partial charge < -0.3 is 9.84 Å². The average Bonchev–Trinajstić information content (AvgIpc) is 2.33. The molecule has 106 valence electrons. The first-order valence-electron chi connectivity index (χ1n) is 6.93. The second kappa shape index (κ2) is 5.12. The Kier molecular flexibility index (Phi) is 3.86. The number of hydrogen-bond donors (Lipinski definition) is 1. The van der Waals surface area contributed by atoms with Crippen LogP contribution in [0.25, 0.3) is 0 Å². The van der Waals surface area contributed by atoms with E-state index in [4.69, 9.17) is 4.74 Å². The predicted octanol–water partition coefficient (Wildman–Crippen LogP) is 3.71. The molecule has 1 unspecified atom stereocenters. The Bertz CT molecular complexity index is 456. The SMILES string of the molecule is COc1ccc(CC2(O)CCCCC2(C)C)cc1F. The number of hydrogen-bond acceptors (Lipinski definition) is 2. The van der Waals surface area contributed by atoms with Gasteiger partial charge in [-0.05, 0) is 36.0 Å². The van der Waals surface area contributed by atoms with Gasteiger partial charge in [0, 0.05) is 6.42 Å². The number of aliphatic hydroxyl groups is 1. The minimum Gasteiger partial charge on any atom is -0.494 e. The maximum absolute atomic E-state index is 13.7. The molecule has 2 rings (SSSR count). The Labute approximate surface area is 114 Å². The van der Waals surface area contributed by atoms with Crippen LogP contribution >= 0.6 is 0 Å². The summed E-state index contributed by atoms with van der Waals surface area (Å²) in [7, 11) is 1.45. The van der Waals surface area contributed by atoms with Gasteiger partial charge in [-0.3, -0.25) is 0 Å². The lowest BCUT2D eigenvalue weighted by Crippen LogP contribution is -2.48. The van der Waals surface area contributed by atoms with Crippen molar-refractivity contribution in [3.63, 3.8) is 0 Å². The Morgan fingerprint density at radius 2 is 1.95 bits per heavy atom. The first kappa shape index (κ1) is 14.3. The molecule has 1 N–H and O–H groups in total. The molecule has 2 nitrogen and oxygen atoms in total. The maximum atomic E-state index is 13.7. The molecular weight excluding hydrogens is 243 g/mol. The minimum atomic E-state index is -0.744. The van der Waals surface area contributed by atoms with Crippen molar-refractivity contribution >= 4 is 0 Å². The Morgan fingerprint density at radius 3 is 2.53 bits per heavy atom. The standard InChI is InChI=1S/C16H23FO2/c1-15(2)8-4-5-9-16(15,18)11-12-6-7-14(19-3)13(17)10-12/h6-7,10,18H,4-5,8-9,11H2,1-3H3. The zero-order valence-electron chi connectivity index (χ0n) is 12.0. The van der Waals surface area contributed by atoms with Gasteiger partial charge in [-0.25, -0.2) is 4.39 Å². The van der Waals surface area contributed by atoms with Crippen LogP contribution in [0.2, 0.25) is 0 Å². The van der Waals surface area contributed by atoms with E-state index in [1.165, 1.54) is 13.2 Å². The first-order valence-corrected chi connectivity index (χ1v) is 6.93. The molecule has 1 aliphatic rings. The van der Waals surface area contributed by atoms with Crippen LogP contribution in [-0.4, -0.2) is 17.8 Å². The van der Waals surface area contributed by atoms with Gasteiger partial charge in [-0.1, -0.05) is 32.8 Å². The van der Waals surface area contributed by atoms with Crippen LogP contribution in [0.1, 0.15) is 45.1 Å². The van der Waals surface area contributed by atoms with E-state index in [9.17, 15) is 9.50 Å². The fourth-order valence-corrected chi connectivity index (χ4v) is 3.04. The van der Waals surface area contributed by atoms with Gasteiger partial charge in [0.1, 0.15) is 0 Å². The Morgan fingerprint density at radius 1 is 1.26 bits per heavy atom. The van der Waals surface area contributed by atoms with E-state index in [0.29, 0.717) is 6.42 Å². The summed E-state index contributed by atoms with van der Waals surface area (Å²) < 4.78 is 18.6. The number of halogens is 1. The minimum absolute atomic E-state index is 0.123. The van der Waals surface area contributed by atoms with Crippen molar-refractivity contribution in [1.82, 2.24) is 0 Å². The molecule has 1 atom stereocenters. The highest BCUT2D eigenvalue weighted by Gasteiger charge is 2.44. The molecule has 0 saturated heterocycles. The first-order chi connectivity index (χ1) is 8.88. The van der Waals surface area contributed by atoms with Gasteiger partial charge in [0.15, 0.2) is 11.6 Å². The molecule has 0 bridgehead atoms. The number of rotatable bonds is 3.